The molecule has 2 bridgehead atoms. The van der Waals surface area contributed by atoms with Gasteiger partial charge < -0.3 is 14.4 Å². The summed E-state index contributed by atoms with van der Waals surface area (Å²) >= 11 is 0. The van der Waals surface area contributed by atoms with Crippen molar-refractivity contribution in [3.63, 3.8) is 0 Å². The lowest BCUT2D eigenvalue weighted by atomic mass is 9.51. The van der Waals surface area contributed by atoms with Crippen molar-refractivity contribution in [3.05, 3.63) is 94.5 Å². The fourth-order valence-electron chi connectivity index (χ4n) is 8.55. The SMILES string of the molecule is CC(=O)Oc1ccc2c3c1C[C@@H]1[C@@H]4CC[C@H](N(C)C(=O)C#Cc5ccc(C(F)(F)F)cc5)[C@H](O2)[C@]34CCN1CCc1ccccc1. The highest BCUT2D eigenvalue weighted by atomic mass is 19.4. The van der Waals surface area contributed by atoms with E-state index in [4.69, 9.17) is 9.47 Å². The van der Waals surface area contributed by atoms with E-state index in [-0.39, 0.29) is 29.6 Å². The van der Waals surface area contributed by atoms with Crippen molar-refractivity contribution in [2.24, 2.45) is 5.92 Å². The maximum absolute atomic E-state index is 13.4. The number of ether oxygens (including phenoxy) is 2. The van der Waals surface area contributed by atoms with Gasteiger partial charge in [0.25, 0.3) is 5.91 Å². The number of esters is 1. The molecule has 1 saturated carbocycles. The third-order valence-corrected chi connectivity index (χ3v) is 10.5. The van der Waals surface area contributed by atoms with Gasteiger partial charge in [-0.1, -0.05) is 36.3 Å². The molecule has 1 saturated heterocycles. The molecule has 0 radical (unpaired) electrons. The molecule has 2 aliphatic carbocycles. The van der Waals surface area contributed by atoms with Crippen molar-refractivity contribution in [1.29, 1.82) is 0 Å². The van der Waals surface area contributed by atoms with Crippen LogP contribution in [0.15, 0.2) is 66.7 Å². The number of hydrogen-bond acceptors (Lipinski definition) is 5. The molecule has 9 heteroatoms. The van der Waals surface area contributed by atoms with Gasteiger partial charge >= 0.3 is 12.1 Å². The molecule has 6 nitrogen and oxygen atoms in total. The van der Waals surface area contributed by atoms with Crippen LogP contribution in [0.5, 0.6) is 11.5 Å². The van der Waals surface area contributed by atoms with Gasteiger partial charge in [-0.25, -0.2) is 0 Å². The molecule has 0 N–H and O–H groups in total. The first-order valence-corrected chi connectivity index (χ1v) is 15.8. The Morgan fingerprint density at radius 1 is 1.07 bits per heavy atom. The van der Waals surface area contributed by atoms with Crippen LogP contribution in [0.2, 0.25) is 0 Å². The van der Waals surface area contributed by atoms with Crippen molar-refractivity contribution in [2.45, 2.75) is 68.8 Å². The van der Waals surface area contributed by atoms with E-state index in [0.717, 1.165) is 74.2 Å². The van der Waals surface area contributed by atoms with Gasteiger partial charge in [0.1, 0.15) is 17.6 Å². The molecule has 1 amide bonds. The average Bonchev–Trinajstić information content (AvgIpc) is 3.37. The van der Waals surface area contributed by atoms with E-state index >= 15 is 0 Å². The largest absolute Gasteiger partial charge is 0.487 e. The third kappa shape index (κ3) is 5.13. The number of carbonyl (C=O) groups excluding carboxylic acids is 2. The first-order chi connectivity index (χ1) is 22.1. The lowest BCUT2D eigenvalue weighted by molar-refractivity contribution is -0.137. The van der Waals surface area contributed by atoms with Crippen molar-refractivity contribution in [2.75, 3.05) is 20.1 Å². The summed E-state index contributed by atoms with van der Waals surface area (Å²) in [5.41, 5.74) is 2.68. The molecular weight excluding hydrogens is 593 g/mol. The van der Waals surface area contributed by atoms with E-state index in [2.05, 4.69) is 41.0 Å². The Bertz CT molecular complexity index is 1730. The van der Waals surface area contributed by atoms with Crippen LogP contribution < -0.4 is 9.47 Å². The van der Waals surface area contributed by atoms with Gasteiger partial charge in [0.15, 0.2) is 0 Å². The molecule has 4 aliphatic rings. The smallest absolute Gasteiger partial charge is 0.416 e. The lowest BCUT2D eigenvalue weighted by Crippen LogP contribution is -2.69. The number of nitrogens with zero attached hydrogens (tertiary/aromatic N) is 2. The van der Waals surface area contributed by atoms with E-state index in [9.17, 15) is 22.8 Å². The van der Waals surface area contributed by atoms with Gasteiger partial charge in [-0.05, 0) is 86.5 Å². The Labute approximate surface area is 266 Å². The standard InChI is InChI=1S/C37H35F3N2O4/c1-23(43)45-31-15-16-32-34-27(31)22-30-28-13-14-29(41(2)33(44)17-10-25-8-11-26(12-9-25)37(38,39)40)35(46-32)36(28,34)19-21-42(30)20-18-24-6-4-3-5-7-24/h3-9,11-12,15-16,28-30,35H,13-14,18-22H2,1-2H3/t28-,29-,30+,35-,36-/m0/s1. The number of likely N-dealkylation sites (N-methyl/N-ethyl adjacent to an activating group) is 1. The van der Waals surface area contributed by atoms with Crippen molar-refractivity contribution >= 4 is 11.9 Å². The molecule has 0 unspecified atom stereocenters. The first kappa shape index (κ1) is 30.4. The predicted molar refractivity (Wildman–Crippen MR) is 165 cm³/mol. The summed E-state index contributed by atoms with van der Waals surface area (Å²) in [5.74, 6) is 6.30. The maximum Gasteiger partial charge on any atom is 0.416 e. The summed E-state index contributed by atoms with van der Waals surface area (Å²) in [6.07, 6.45) is -0.531. The van der Waals surface area contributed by atoms with E-state index in [0.29, 0.717) is 17.2 Å². The van der Waals surface area contributed by atoms with Gasteiger partial charge in [-0.3, -0.25) is 14.5 Å². The summed E-state index contributed by atoms with van der Waals surface area (Å²) in [7, 11) is 1.73. The second-order valence-corrected chi connectivity index (χ2v) is 12.9. The Morgan fingerprint density at radius 3 is 2.54 bits per heavy atom. The third-order valence-electron chi connectivity index (χ3n) is 10.5. The molecule has 3 aromatic carbocycles. The average molecular weight is 629 g/mol. The van der Waals surface area contributed by atoms with Gasteiger partial charge in [-0.15, -0.1) is 0 Å². The monoisotopic (exact) mass is 628 g/mol. The summed E-state index contributed by atoms with van der Waals surface area (Å²) < 4.78 is 51.4. The summed E-state index contributed by atoms with van der Waals surface area (Å²) in [6, 6.07) is 18.7. The Balaban J connectivity index is 1.19. The molecule has 46 heavy (non-hydrogen) atoms. The van der Waals surface area contributed by atoms with Gasteiger partial charge in [0.05, 0.1) is 11.6 Å². The lowest BCUT2D eigenvalue weighted by Gasteiger charge is -2.60. The number of piperidine rings is 1. The molecule has 2 heterocycles. The Hall–Kier alpha value is -4.29. The fraction of sp³-hybridized carbons (Fsp3) is 0.405. The van der Waals surface area contributed by atoms with Crippen LogP contribution in [-0.2, 0) is 34.0 Å². The van der Waals surface area contributed by atoms with Crippen LogP contribution >= 0.6 is 0 Å². The minimum Gasteiger partial charge on any atom is -0.487 e. The topological polar surface area (TPSA) is 59.1 Å². The number of rotatable bonds is 5. The van der Waals surface area contributed by atoms with Gasteiger partial charge in [0.2, 0.25) is 0 Å². The van der Waals surface area contributed by atoms with E-state index in [1.165, 1.54) is 24.6 Å². The quantitative estimate of drug-likeness (QED) is 0.204. The van der Waals surface area contributed by atoms with Crippen LogP contribution in [0, 0.1) is 17.8 Å². The van der Waals surface area contributed by atoms with E-state index in [1.807, 2.05) is 18.2 Å². The zero-order valence-corrected chi connectivity index (χ0v) is 25.8. The summed E-state index contributed by atoms with van der Waals surface area (Å²) in [6.45, 7) is 3.23. The zero-order valence-electron chi connectivity index (χ0n) is 25.8. The highest BCUT2D eigenvalue weighted by Gasteiger charge is 2.66. The minimum atomic E-state index is -4.44. The molecular formula is C37H35F3N2O4. The molecule has 1 spiro atoms. The number of alkyl halides is 3. The Kier molecular flexibility index (Phi) is 7.59. The van der Waals surface area contributed by atoms with Crippen LogP contribution in [0.4, 0.5) is 13.2 Å². The molecule has 0 aromatic heterocycles. The highest BCUT2D eigenvalue weighted by Crippen LogP contribution is 2.63. The molecule has 2 aliphatic heterocycles. The van der Waals surface area contributed by atoms with Crippen molar-refractivity contribution < 1.29 is 32.2 Å². The van der Waals surface area contributed by atoms with Crippen molar-refractivity contribution in [3.8, 4) is 23.3 Å². The van der Waals surface area contributed by atoms with Gasteiger partial charge in [0, 0.05) is 54.6 Å². The normalized spacial score (nSPS) is 25.8. The Morgan fingerprint density at radius 2 is 1.83 bits per heavy atom. The van der Waals surface area contributed by atoms with Crippen LogP contribution in [0.25, 0.3) is 0 Å². The van der Waals surface area contributed by atoms with E-state index < -0.39 is 17.6 Å². The first-order valence-electron chi connectivity index (χ1n) is 15.8. The number of hydrogen-bond donors (Lipinski definition) is 0. The molecule has 5 atom stereocenters. The number of benzene rings is 3. The van der Waals surface area contributed by atoms with Crippen LogP contribution in [0.1, 0.15) is 54.0 Å². The fourth-order valence-corrected chi connectivity index (χ4v) is 8.55. The number of carbonyl (C=O) groups is 2. The second kappa shape index (κ2) is 11.5. The zero-order chi connectivity index (χ0) is 32.2. The second-order valence-electron chi connectivity index (χ2n) is 12.9. The molecule has 238 valence electrons. The van der Waals surface area contributed by atoms with Crippen LogP contribution in [0.3, 0.4) is 0 Å². The highest BCUT2D eigenvalue weighted by molar-refractivity contribution is 5.94. The number of likely N-dealkylation sites (tertiary alicyclic amines) is 1. The number of amides is 1. The molecule has 3 aromatic rings. The van der Waals surface area contributed by atoms with Crippen LogP contribution in [-0.4, -0.2) is 60.0 Å². The summed E-state index contributed by atoms with van der Waals surface area (Å²) in [4.78, 5) is 29.8. The predicted octanol–water partition coefficient (Wildman–Crippen LogP) is 5.79. The number of halogens is 3. The van der Waals surface area contributed by atoms with Gasteiger partial charge in [-0.2, -0.15) is 13.2 Å². The van der Waals surface area contributed by atoms with Crippen molar-refractivity contribution in [1.82, 2.24) is 9.80 Å². The molecule has 7 rings (SSSR count). The minimum absolute atomic E-state index is 0.236. The summed E-state index contributed by atoms with van der Waals surface area (Å²) in [5, 5.41) is 0. The maximum atomic E-state index is 13.4. The van der Waals surface area contributed by atoms with E-state index in [1.54, 1.807) is 11.9 Å². The molecule has 2 fully saturated rings.